The maximum absolute atomic E-state index is 9.32. The Balaban J connectivity index is 2.48. The van der Waals surface area contributed by atoms with Crippen LogP contribution < -0.4 is 0 Å². The highest BCUT2D eigenvalue weighted by Crippen LogP contribution is 2.23. The lowest BCUT2D eigenvalue weighted by atomic mass is 10.1. The average Bonchev–Trinajstić information content (AvgIpc) is 2.33. The van der Waals surface area contributed by atoms with E-state index in [1.807, 2.05) is 0 Å². The average molecular weight is 178 g/mol. The predicted molar refractivity (Wildman–Crippen MR) is 39.4 cm³/mol. The van der Waals surface area contributed by atoms with Crippen LogP contribution in [-0.4, -0.2) is 53.6 Å². The van der Waals surface area contributed by atoms with Crippen molar-refractivity contribution in [3.63, 3.8) is 0 Å². The number of aliphatic hydroxyl groups excluding tert-OH is 3. The molecule has 0 aliphatic carbocycles. The first-order valence-electron chi connectivity index (χ1n) is 3.86. The van der Waals surface area contributed by atoms with Crippen molar-refractivity contribution in [3.8, 4) is 0 Å². The summed E-state index contributed by atoms with van der Waals surface area (Å²) in [5.41, 5.74) is 0. The number of rotatable bonds is 3. The molecule has 3 N–H and O–H groups in total. The zero-order chi connectivity index (χ0) is 9.14. The molecule has 0 amide bonds. The van der Waals surface area contributed by atoms with Crippen LogP contribution in [0.2, 0.25) is 0 Å². The number of methoxy groups -OCH3 is 1. The third-order valence-electron chi connectivity index (χ3n) is 1.96. The minimum atomic E-state index is -1.02. The molecule has 5 nitrogen and oxygen atoms in total. The van der Waals surface area contributed by atoms with Crippen LogP contribution in [-0.2, 0) is 9.47 Å². The van der Waals surface area contributed by atoms with Gasteiger partial charge in [-0.1, -0.05) is 0 Å². The van der Waals surface area contributed by atoms with Gasteiger partial charge in [-0.25, -0.2) is 0 Å². The summed E-state index contributed by atoms with van der Waals surface area (Å²) in [5.74, 6) is 0. The summed E-state index contributed by atoms with van der Waals surface area (Å²) in [4.78, 5) is 0. The molecule has 0 bridgehead atoms. The first-order chi connectivity index (χ1) is 5.70. The Bertz CT molecular complexity index is 140. The van der Waals surface area contributed by atoms with Crippen molar-refractivity contribution in [3.05, 3.63) is 0 Å². The van der Waals surface area contributed by atoms with Crippen molar-refractivity contribution in [1.29, 1.82) is 0 Å². The van der Waals surface area contributed by atoms with E-state index in [0.29, 0.717) is 6.42 Å². The largest absolute Gasteiger partial charge is 0.396 e. The van der Waals surface area contributed by atoms with Crippen molar-refractivity contribution < 1.29 is 24.8 Å². The summed E-state index contributed by atoms with van der Waals surface area (Å²) in [6, 6.07) is 0. The molecular weight excluding hydrogens is 164 g/mol. The maximum Gasteiger partial charge on any atom is 0.186 e. The minimum Gasteiger partial charge on any atom is -0.396 e. The van der Waals surface area contributed by atoms with Crippen molar-refractivity contribution in [2.75, 3.05) is 13.7 Å². The van der Waals surface area contributed by atoms with Gasteiger partial charge in [0.05, 0.1) is 6.10 Å². The Labute approximate surface area is 70.5 Å². The van der Waals surface area contributed by atoms with E-state index in [0.717, 1.165) is 0 Å². The zero-order valence-electron chi connectivity index (χ0n) is 6.88. The molecule has 0 unspecified atom stereocenters. The van der Waals surface area contributed by atoms with E-state index in [2.05, 4.69) is 0 Å². The van der Waals surface area contributed by atoms with E-state index < -0.39 is 24.6 Å². The standard InChI is InChI=1S/C7H14O5/c1-11-7-6(10)5(9)4(12-7)2-3-8/h4-10H,2-3H2,1H3/t4-,5+,6-,7-/m1/s1. The molecule has 72 valence electrons. The highest BCUT2D eigenvalue weighted by atomic mass is 16.7. The molecule has 1 saturated heterocycles. The molecule has 1 aliphatic heterocycles. The van der Waals surface area contributed by atoms with Crippen LogP contribution in [0.1, 0.15) is 6.42 Å². The Morgan fingerprint density at radius 1 is 1.33 bits per heavy atom. The third kappa shape index (κ3) is 1.75. The van der Waals surface area contributed by atoms with Crippen LogP contribution in [0.4, 0.5) is 0 Å². The topological polar surface area (TPSA) is 79.2 Å². The van der Waals surface area contributed by atoms with E-state index >= 15 is 0 Å². The van der Waals surface area contributed by atoms with Gasteiger partial charge in [0.15, 0.2) is 6.29 Å². The van der Waals surface area contributed by atoms with Gasteiger partial charge in [0, 0.05) is 13.7 Å². The van der Waals surface area contributed by atoms with Gasteiger partial charge in [0.2, 0.25) is 0 Å². The highest BCUT2D eigenvalue weighted by molar-refractivity contribution is 4.86. The molecule has 4 atom stereocenters. The van der Waals surface area contributed by atoms with Crippen LogP contribution in [0.3, 0.4) is 0 Å². The number of hydrogen-bond donors (Lipinski definition) is 3. The maximum atomic E-state index is 9.32. The number of ether oxygens (including phenoxy) is 2. The molecule has 1 aliphatic rings. The molecule has 5 heteroatoms. The van der Waals surface area contributed by atoms with Crippen molar-refractivity contribution >= 4 is 0 Å². The quantitative estimate of drug-likeness (QED) is 0.488. The SMILES string of the molecule is CO[C@@H]1O[C@H](CCO)[C@H](O)[C@H]1O. The van der Waals surface area contributed by atoms with Gasteiger partial charge in [-0.2, -0.15) is 0 Å². The Morgan fingerprint density at radius 2 is 2.00 bits per heavy atom. The summed E-state index contributed by atoms with van der Waals surface area (Å²) in [7, 11) is 1.39. The molecule has 0 aromatic carbocycles. The summed E-state index contributed by atoms with van der Waals surface area (Å²) in [6.45, 7) is -0.0785. The van der Waals surface area contributed by atoms with Gasteiger partial charge in [-0.15, -0.1) is 0 Å². The fourth-order valence-electron chi connectivity index (χ4n) is 1.28. The lowest BCUT2D eigenvalue weighted by molar-refractivity contribution is -0.150. The number of hydrogen-bond acceptors (Lipinski definition) is 5. The number of aliphatic hydroxyl groups is 3. The van der Waals surface area contributed by atoms with Gasteiger partial charge in [-0.3, -0.25) is 0 Å². The minimum absolute atomic E-state index is 0.0785. The monoisotopic (exact) mass is 178 g/mol. The Kier molecular flexibility index (Phi) is 3.42. The molecular formula is C7H14O5. The summed E-state index contributed by atoms with van der Waals surface area (Å²) >= 11 is 0. The molecule has 0 saturated carbocycles. The van der Waals surface area contributed by atoms with Gasteiger partial charge >= 0.3 is 0 Å². The van der Waals surface area contributed by atoms with Gasteiger partial charge in [-0.05, 0) is 6.42 Å². The lowest BCUT2D eigenvalue weighted by Crippen LogP contribution is -2.33. The van der Waals surface area contributed by atoms with Gasteiger partial charge in [0.25, 0.3) is 0 Å². The van der Waals surface area contributed by atoms with E-state index in [1.54, 1.807) is 0 Å². The smallest absolute Gasteiger partial charge is 0.186 e. The Morgan fingerprint density at radius 3 is 2.42 bits per heavy atom. The highest BCUT2D eigenvalue weighted by Gasteiger charge is 2.42. The Hall–Kier alpha value is -0.200. The van der Waals surface area contributed by atoms with E-state index in [-0.39, 0.29) is 6.61 Å². The predicted octanol–water partition coefficient (Wildman–Crippen LogP) is -1.54. The molecule has 0 spiro atoms. The molecule has 0 aromatic rings. The first kappa shape index (κ1) is 9.88. The van der Waals surface area contributed by atoms with Crippen molar-refractivity contribution in [2.24, 2.45) is 0 Å². The van der Waals surface area contributed by atoms with Crippen molar-refractivity contribution in [2.45, 2.75) is 31.0 Å². The lowest BCUT2D eigenvalue weighted by Gasteiger charge is -2.11. The van der Waals surface area contributed by atoms with E-state index in [4.69, 9.17) is 14.6 Å². The van der Waals surface area contributed by atoms with Gasteiger partial charge < -0.3 is 24.8 Å². The fourth-order valence-corrected chi connectivity index (χ4v) is 1.28. The zero-order valence-corrected chi connectivity index (χ0v) is 6.88. The second-order valence-electron chi connectivity index (χ2n) is 2.77. The molecule has 1 heterocycles. The third-order valence-corrected chi connectivity index (χ3v) is 1.96. The van der Waals surface area contributed by atoms with Crippen molar-refractivity contribution in [1.82, 2.24) is 0 Å². The van der Waals surface area contributed by atoms with E-state index in [1.165, 1.54) is 7.11 Å². The van der Waals surface area contributed by atoms with Crippen LogP contribution in [0, 0.1) is 0 Å². The van der Waals surface area contributed by atoms with Crippen LogP contribution >= 0.6 is 0 Å². The van der Waals surface area contributed by atoms with E-state index in [9.17, 15) is 10.2 Å². The summed E-state index contributed by atoms with van der Waals surface area (Å²) in [6.07, 6.45) is -3.00. The van der Waals surface area contributed by atoms with Crippen LogP contribution in [0.5, 0.6) is 0 Å². The normalized spacial score (nSPS) is 42.0. The van der Waals surface area contributed by atoms with Crippen LogP contribution in [0.15, 0.2) is 0 Å². The molecule has 1 fully saturated rings. The summed E-state index contributed by atoms with van der Waals surface area (Å²) in [5, 5.41) is 27.2. The molecule has 0 radical (unpaired) electrons. The molecule has 1 rings (SSSR count). The summed E-state index contributed by atoms with van der Waals surface area (Å²) < 4.78 is 9.85. The molecule has 12 heavy (non-hydrogen) atoms. The second-order valence-corrected chi connectivity index (χ2v) is 2.77. The van der Waals surface area contributed by atoms with Gasteiger partial charge in [0.1, 0.15) is 12.2 Å². The fraction of sp³-hybridized carbons (Fsp3) is 1.00. The molecule has 0 aromatic heterocycles. The first-order valence-corrected chi connectivity index (χ1v) is 3.86. The second kappa shape index (κ2) is 4.15. The van der Waals surface area contributed by atoms with Crippen LogP contribution in [0.25, 0.3) is 0 Å².